The number of nitrogens with zero attached hydrogens (tertiary/aromatic N) is 1. The largest absolute Gasteiger partial charge is 0.392 e. The van der Waals surface area contributed by atoms with Crippen molar-refractivity contribution in [1.29, 1.82) is 0 Å². The van der Waals surface area contributed by atoms with E-state index in [9.17, 15) is 18.7 Å². The average molecular weight is 304 g/mol. The third-order valence-electron chi connectivity index (χ3n) is 3.06. The minimum Gasteiger partial charge on any atom is -0.392 e. The van der Waals surface area contributed by atoms with Gasteiger partial charge in [-0.25, -0.2) is 13.6 Å². The molecule has 1 saturated heterocycles. The second kappa shape index (κ2) is 5.06. The van der Waals surface area contributed by atoms with E-state index in [-0.39, 0.29) is 0 Å². The zero-order chi connectivity index (χ0) is 15.1. The number of aliphatic hydroxyl groups excluding tert-OH is 2. The van der Waals surface area contributed by atoms with E-state index in [1.807, 2.05) is 10.9 Å². The second-order valence-electron chi connectivity index (χ2n) is 4.23. The molecule has 108 valence electrons. The topological polar surface area (TPSA) is 87.5 Å². The summed E-state index contributed by atoms with van der Waals surface area (Å²) in [4.78, 5) is 13.6. The van der Waals surface area contributed by atoms with Crippen LogP contribution in [0, 0.1) is 22.8 Å². The molecule has 0 radical (unpaired) electrons. The zero-order valence-corrected chi connectivity index (χ0v) is 10.7. The number of nitrogens with one attached hydrogen (secondary N) is 1. The summed E-state index contributed by atoms with van der Waals surface area (Å²) in [6.45, 7) is -0.859. The number of halogens is 2. The fourth-order valence-corrected chi connectivity index (χ4v) is 2.06. The van der Waals surface area contributed by atoms with Crippen LogP contribution in [0.5, 0.6) is 0 Å². The highest BCUT2D eigenvalue weighted by Gasteiger charge is 2.55. The first-order valence-corrected chi connectivity index (χ1v) is 5.86. The van der Waals surface area contributed by atoms with Crippen LogP contribution in [0.25, 0.3) is 0 Å². The number of alkyl halides is 1. The molecule has 0 aromatic carbocycles. The van der Waals surface area contributed by atoms with E-state index in [2.05, 4.69) is 12.2 Å². The van der Waals surface area contributed by atoms with Gasteiger partial charge in [0.1, 0.15) is 10.7 Å². The number of aliphatic hydroxyl groups is 2. The lowest BCUT2D eigenvalue weighted by Gasteiger charge is -2.23. The number of aromatic amines is 1. The Morgan fingerprint density at radius 1 is 1.70 bits per heavy atom. The molecule has 1 aliphatic heterocycles. The summed E-state index contributed by atoms with van der Waals surface area (Å²) >= 11 is 4.52. The summed E-state index contributed by atoms with van der Waals surface area (Å²) in [6, 6.07) is 0. The first-order chi connectivity index (χ1) is 9.36. The number of ether oxygens (including phenoxy) is 1. The van der Waals surface area contributed by atoms with Gasteiger partial charge in [0.15, 0.2) is 23.8 Å². The van der Waals surface area contributed by atoms with Crippen LogP contribution >= 0.6 is 12.2 Å². The molecule has 0 bridgehead atoms. The molecule has 9 heteroatoms. The van der Waals surface area contributed by atoms with Gasteiger partial charge in [-0.3, -0.25) is 9.55 Å². The number of hydrogen-bond acceptors (Lipinski definition) is 5. The Morgan fingerprint density at radius 2 is 2.35 bits per heavy atom. The van der Waals surface area contributed by atoms with E-state index in [0.717, 1.165) is 0 Å². The molecule has 0 amide bonds. The average Bonchev–Trinajstić information content (AvgIpc) is 2.68. The lowest BCUT2D eigenvalue weighted by molar-refractivity contribution is -0.0925. The molecule has 1 fully saturated rings. The number of hydrogen-bond donors (Lipinski definition) is 3. The van der Waals surface area contributed by atoms with Gasteiger partial charge < -0.3 is 14.9 Å². The predicted molar refractivity (Wildman–Crippen MR) is 65.5 cm³/mol. The zero-order valence-electron chi connectivity index (χ0n) is 9.92. The molecule has 1 aromatic heterocycles. The molecular weight excluding hydrogens is 294 g/mol. The van der Waals surface area contributed by atoms with E-state index in [4.69, 9.17) is 16.3 Å². The van der Waals surface area contributed by atoms with Crippen LogP contribution in [-0.4, -0.2) is 44.2 Å². The summed E-state index contributed by atoms with van der Waals surface area (Å²) in [5.41, 5.74) is -2.92. The molecule has 1 aliphatic rings. The van der Waals surface area contributed by atoms with E-state index < -0.39 is 46.9 Å². The van der Waals surface area contributed by atoms with Crippen LogP contribution in [0.15, 0.2) is 11.0 Å². The quantitative estimate of drug-likeness (QED) is 0.513. The van der Waals surface area contributed by atoms with Gasteiger partial charge in [0.2, 0.25) is 0 Å². The van der Waals surface area contributed by atoms with Crippen molar-refractivity contribution in [3.05, 3.63) is 27.1 Å². The maximum atomic E-state index is 14.0. The fraction of sp³-hybridized carbons (Fsp3) is 0.455. The number of aromatic nitrogens is 2. The first kappa shape index (κ1) is 14.8. The Balaban J connectivity index is 2.51. The smallest absolute Gasteiger partial charge is 0.328 e. The molecule has 3 N–H and O–H groups in total. The Kier molecular flexibility index (Phi) is 3.75. The number of rotatable bonds is 2. The van der Waals surface area contributed by atoms with Crippen LogP contribution in [0.3, 0.4) is 0 Å². The predicted octanol–water partition coefficient (Wildman–Crippen LogP) is -0.363. The molecule has 0 aliphatic carbocycles. The van der Waals surface area contributed by atoms with Gasteiger partial charge in [0.25, 0.3) is 0 Å². The van der Waals surface area contributed by atoms with Crippen molar-refractivity contribution in [2.24, 2.45) is 0 Å². The molecule has 6 nitrogen and oxygen atoms in total. The minimum absolute atomic E-state index is 0.439. The lowest BCUT2D eigenvalue weighted by atomic mass is 9.98. The van der Waals surface area contributed by atoms with Gasteiger partial charge in [-0.05, 0) is 0 Å². The standard InChI is InChI=1S/C11H10F2N2O4S/c1-2-11(4-16)7(17)6(13)9(19-11)15-3-5(12)8(20)14-10(15)18/h1,3,6-7,9,16-17H,4H2,(H,14,18,20)/t6-,7?,9+,11+/m0/s1. The summed E-state index contributed by atoms with van der Waals surface area (Å²) in [6.07, 6.45) is 0.100. The van der Waals surface area contributed by atoms with Gasteiger partial charge in [-0.15, -0.1) is 6.42 Å². The SMILES string of the molecule is C#C[C@]1(CO)O[C@@H](n2cc(F)c(=S)[nH]c2=O)[C@@H](F)C1O. The van der Waals surface area contributed by atoms with E-state index in [1.165, 1.54) is 0 Å². The van der Waals surface area contributed by atoms with Gasteiger partial charge in [0, 0.05) is 0 Å². The summed E-state index contributed by atoms with van der Waals surface area (Å²) in [5.74, 6) is 0.985. The van der Waals surface area contributed by atoms with E-state index in [1.54, 1.807) is 0 Å². The van der Waals surface area contributed by atoms with Crippen molar-refractivity contribution >= 4 is 12.2 Å². The minimum atomic E-state index is -2.13. The maximum absolute atomic E-state index is 14.0. The summed E-state index contributed by atoms with van der Waals surface area (Å²) in [5, 5.41) is 18.9. The van der Waals surface area contributed by atoms with Crippen LogP contribution in [0.1, 0.15) is 6.23 Å². The Bertz CT molecular complexity index is 682. The first-order valence-electron chi connectivity index (χ1n) is 5.46. The van der Waals surface area contributed by atoms with Crippen LogP contribution in [0.4, 0.5) is 8.78 Å². The van der Waals surface area contributed by atoms with Crippen LogP contribution in [0.2, 0.25) is 0 Å². The van der Waals surface area contributed by atoms with Crippen molar-refractivity contribution in [2.45, 2.75) is 24.1 Å². The highest BCUT2D eigenvalue weighted by molar-refractivity contribution is 7.71. The molecule has 1 unspecified atom stereocenters. The van der Waals surface area contributed by atoms with Crippen LogP contribution in [-0.2, 0) is 4.74 Å². The van der Waals surface area contributed by atoms with Crippen molar-refractivity contribution < 1.29 is 23.7 Å². The molecular formula is C11H10F2N2O4S. The van der Waals surface area contributed by atoms with Gasteiger partial charge >= 0.3 is 5.69 Å². The highest BCUT2D eigenvalue weighted by Crippen LogP contribution is 2.37. The van der Waals surface area contributed by atoms with Crippen molar-refractivity contribution in [3.63, 3.8) is 0 Å². The molecule has 2 heterocycles. The normalized spacial score (nSPS) is 33.0. The third-order valence-corrected chi connectivity index (χ3v) is 3.36. The Labute approximate surface area is 116 Å². The van der Waals surface area contributed by atoms with Crippen molar-refractivity contribution in [3.8, 4) is 12.3 Å². The molecule has 2 rings (SSSR count). The van der Waals surface area contributed by atoms with Gasteiger partial charge in [-0.1, -0.05) is 18.1 Å². The van der Waals surface area contributed by atoms with Crippen molar-refractivity contribution in [1.82, 2.24) is 9.55 Å². The summed E-state index contributed by atoms with van der Waals surface area (Å²) in [7, 11) is 0. The second-order valence-corrected chi connectivity index (χ2v) is 4.64. The third kappa shape index (κ3) is 2.06. The number of H-pyrrole nitrogens is 1. The fourth-order valence-electron chi connectivity index (χ4n) is 1.92. The lowest BCUT2D eigenvalue weighted by Crippen LogP contribution is -2.44. The van der Waals surface area contributed by atoms with Crippen molar-refractivity contribution in [2.75, 3.05) is 6.61 Å². The molecule has 0 spiro atoms. The van der Waals surface area contributed by atoms with Gasteiger partial charge in [-0.2, -0.15) is 0 Å². The van der Waals surface area contributed by atoms with E-state index in [0.29, 0.717) is 10.8 Å². The molecule has 4 atom stereocenters. The monoisotopic (exact) mass is 304 g/mol. The molecule has 0 saturated carbocycles. The van der Waals surface area contributed by atoms with Gasteiger partial charge in [0.05, 0.1) is 12.8 Å². The Hall–Kier alpha value is -1.60. The maximum Gasteiger partial charge on any atom is 0.328 e. The Morgan fingerprint density at radius 3 is 2.85 bits per heavy atom. The summed E-state index contributed by atoms with van der Waals surface area (Å²) < 4.78 is 32.6. The molecule has 20 heavy (non-hydrogen) atoms. The number of terminal acetylenes is 1. The molecule has 1 aromatic rings. The van der Waals surface area contributed by atoms with Crippen LogP contribution < -0.4 is 5.69 Å². The highest BCUT2D eigenvalue weighted by atomic mass is 32.1. The van der Waals surface area contributed by atoms with E-state index >= 15 is 0 Å².